The quantitative estimate of drug-likeness (QED) is 0.277. The van der Waals surface area contributed by atoms with E-state index in [0.29, 0.717) is 15.8 Å². The van der Waals surface area contributed by atoms with Crippen LogP contribution < -0.4 is 9.64 Å². The average molecular weight is 514 g/mol. The topological polar surface area (TPSA) is 66.8 Å². The number of aryl methyl sites for hydroxylation is 1. The molecule has 0 saturated carbocycles. The van der Waals surface area contributed by atoms with Crippen molar-refractivity contribution in [1.82, 2.24) is 0 Å². The first kappa shape index (κ1) is 22.7. The Bertz CT molecular complexity index is 1320. The molecule has 1 aliphatic rings. The summed E-state index contributed by atoms with van der Waals surface area (Å²) in [6, 6.07) is 13.7. The number of methoxy groups -OCH3 is 1. The highest BCUT2D eigenvalue weighted by Gasteiger charge is 2.47. The van der Waals surface area contributed by atoms with Gasteiger partial charge in [0.25, 0.3) is 11.7 Å². The number of Topliss-reactive ketones (excluding diaryl/α,β-unsaturated/α-hetero) is 1. The second-order valence-corrected chi connectivity index (χ2v) is 8.33. The molecule has 1 fully saturated rings. The van der Waals surface area contributed by atoms with Crippen molar-refractivity contribution in [3.8, 4) is 5.75 Å². The molecule has 1 saturated heterocycles. The first-order valence-electron chi connectivity index (χ1n) is 9.90. The van der Waals surface area contributed by atoms with Crippen LogP contribution >= 0.6 is 15.9 Å². The Morgan fingerprint density at radius 3 is 2.39 bits per heavy atom. The van der Waals surface area contributed by atoms with E-state index in [1.165, 1.54) is 13.2 Å². The van der Waals surface area contributed by atoms with Crippen LogP contribution in [0.15, 0.2) is 70.7 Å². The number of halogens is 3. The zero-order chi connectivity index (χ0) is 23.9. The van der Waals surface area contributed by atoms with Crippen molar-refractivity contribution in [3.63, 3.8) is 0 Å². The van der Waals surface area contributed by atoms with Crippen LogP contribution in [0.1, 0.15) is 22.7 Å². The maximum Gasteiger partial charge on any atom is 0.300 e. The molecule has 168 valence electrons. The van der Waals surface area contributed by atoms with Gasteiger partial charge in [-0.25, -0.2) is 8.78 Å². The Labute approximate surface area is 197 Å². The fraction of sp³-hybridized carbons (Fsp3) is 0.120. The molecule has 1 amide bonds. The number of hydrogen-bond donors (Lipinski definition) is 1. The number of nitrogens with zero attached hydrogens (tertiary/aromatic N) is 1. The summed E-state index contributed by atoms with van der Waals surface area (Å²) in [5.41, 5.74) is 1.44. The van der Waals surface area contributed by atoms with E-state index in [4.69, 9.17) is 4.74 Å². The molecule has 4 rings (SSSR count). The number of benzene rings is 3. The molecule has 5 nitrogen and oxygen atoms in total. The van der Waals surface area contributed by atoms with Crippen molar-refractivity contribution in [2.75, 3.05) is 12.0 Å². The number of aliphatic hydroxyl groups excluding tert-OH is 1. The number of ketones is 1. The van der Waals surface area contributed by atoms with Gasteiger partial charge in [0.1, 0.15) is 11.5 Å². The molecule has 1 atom stereocenters. The highest BCUT2D eigenvalue weighted by atomic mass is 79.9. The normalized spacial score (nSPS) is 17.5. The average Bonchev–Trinajstić information content (AvgIpc) is 3.06. The fourth-order valence-corrected chi connectivity index (χ4v) is 4.43. The molecular weight excluding hydrogens is 496 g/mol. The van der Waals surface area contributed by atoms with E-state index in [2.05, 4.69) is 15.9 Å². The number of anilines is 1. The van der Waals surface area contributed by atoms with Crippen LogP contribution in [0.4, 0.5) is 14.5 Å². The number of amides is 1. The standard InChI is InChI=1S/C25H18BrF2NO4/c1-13-5-3-4-6-16(13)22-21(23(30)14-7-10-20(33-2)17(26)11-14)24(31)25(32)29(22)15-8-9-18(27)19(28)12-15/h3-12,22,30H,1-2H3/b23-21+. The van der Waals surface area contributed by atoms with Crippen LogP contribution in [-0.2, 0) is 9.59 Å². The van der Waals surface area contributed by atoms with Crippen LogP contribution in [0.2, 0.25) is 0 Å². The minimum Gasteiger partial charge on any atom is -0.507 e. The summed E-state index contributed by atoms with van der Waals surface area (Å²) in [4.78, 5) is 27.3. The van der Waals surface area contributed by atoms with E-state index < -0.39 is 35.1 Å². The summed E-state index contributed by atoms with van der Waals surface area (Å²) in [6.45, 7) is 1.80. The predicted octanol–water partition coefficient (Wildman–Crippen LogP) is 5.67. The molecular formula is C25H18BrF2NO4. The van der Waals surface area contributed by atoms with Gasteiger partial charge in [-0.1, -0.05) is 24.3 Å². The van der Waals surface area contributed by atoms with Crippen molar-refractivity contribution in [2.24, 2.45) is 0 Å². The van der Waals surface area contributed by atoms with Crippen LogP contribution in [0.25, 0.3) is 5.76 Å². The van der Waals surface area contributed by atoms with Crippen LogP contribution in [0.5, 0.6) is 5.75 Å². The lowest BCUT2D eigenvalue weighted by atomic mass is 9.92. The van der Waals surface area contributed by atoms with E-state index in [1.807, 2.05) is 0 Å². The third-order valence-corrected chi connectivity index (χ3v) is 6.15. The lowest BCUT2D eigenvalue weighted by Crippen LogP contribution is -2.30. The second kappa shape index (κ2) is 8.78. The summed E-state index contributed by atoms with van der Waals surface area (Å²) < 4.78 is 33.3. The molecule has 3 aromatic carbocycles. The van der Waals surface area contributed by atoms with E-state index >= 15 is 0 Å². The minimum atomic E-state index is -1.16. The molecule has 3 aromatic rings. The van der Waals surface area contributed by atoms with Gasteiger partial charge in [0, 0.05) is 17.3 Å². The Morgan fingerprint density at radius 2 is 1.76 bits per heavy atom. The largest absolute Gasteiger partial charge is 0.507 e. The minimum absolute atomic E-state index is 0.000727. The third kappa shape index (κ3) is 3.91. The summed E-state index contributed by atoms with van der Waals surface area (Å²) in [6.07, 6.45) is 0. The lowest BCUT2D eigenvalue weighted by molar-refractivity contribution is -0.132. The number of carbonyl (C=O) groups excluding carboxylic acids is 2. The van der Waals surface area contributed by atoms with Crippen molar-refractivity contribution in [1.29, 1.82) is 0 Å². The van der Waals surface area contributed by atoms with Crippen molar-refractivity contribution in [2.45, 2.75) is 13.0 Å². The third-order valence-electron chi connectivity index (χ3n) is 5.53. The Kier molecular flexibility index (Phi) is 6.03. The van der Waals surface area contributed by atoms with Gasteiger partial charge >= 0.3 is 0 Å². The van der Waals surface area contributed by atoms with Gasteiger partial charge in [-0.3, -0.25) is 14.5 Å². The summed E-state index contributed by atoms with van der Waals surface area (Å²) in [7, 11) is 1.49. The number of hydrogen-bond acceptors (Lipinski definition) is 4. The SMILES string of the molecule is COc1ccc(/C(O)=C2\C(=O)C(=O)N(c3ccc(F)c(F)c3)C2c2ccccc2C)cc1Br. The van der Waals surface area contributed by atoms with Crippen molar-refractivity contribution in [3.05, 3.63) is 99.0 Å². The van der Waals surface area contributed by atoms with Gasteiger partial charge in [0.05, 0.1) is 23.2 Å². The molecule has 0 aliphatic carbocycles. The first-order valence-corrected chi connectivity index (χ1v) is 10.7. The smallest absolute Gasteiger partial charge is 0.300 e. The Hall–Kier alpha value is -3.52. The number of aliphatic hydroxyl groups is 1. The lowest BCUT2D eigenvalue weighted by Gasteiger charge is -2.26. The first-order chi connectivity index (χ1) is 15.7. The summed E-state index contributed by atoms with van der Waals surface area (Å²) in [5, 5.41) is 11.2. The zero-order valence-electron chi connectivity index (χ0n) is 17.6. The van der Waals surface area contributed by atoms with Gasteiger partial charge in [0.2, 0.25) is 0 Å². The molecule has 1 aliphatic heterocycles. The molecule has 1 N–H and O–H groups in total. The van der Waals surface area contributed by atoms with Crippen LogP contribution in [0.3, 0.4) is 0 Å². The monoisotopic (exact) mass is 513 g/mol. The maximum atomic E-state index is 14.0. The molecule has 1 unspecified atom stereocenters. The van der Waals surface area contributed by atoms with E-state index in [9.17, 15) is 23.5 Å². The molecule has 8 heteroatoms. The molecule has 0 aromatic heterocycles. The van der Waals surface area contributed by atoms with Gasteiger partial charge in [-0.2, -0.15) is 0 Å². The van der Waals surface area contributed by atoms with Gasteiger partial charge in [-0.15, -0.1) is 0 Å². The van der Waals surface area contributed by atoms with Crippen molar-refractivity contribution < 1.29 is 28.2 Å². The molecule has 0 spiro atoms. The number of carbonyl (C=O) groups is 2. The Balaban J connectivity index is 1.97. The maximum absolute atomic E-state index is 14.0. The predicted molar refractivity (Wildman–Crippen MR) is 123 cm³/mol. The molecule has 1 heterocycles. The van der Waals surface area contributed by atoms with E-state index in [-0.39, 0.29) is 16.8 Å². The van der Waals surface area contributed by atoms with Gasteiger partial charge in [0.15, 0.2) is 11.6 Å². The summed E-state index contributed by atoms with van der Waals surface area (Å²) >= 11 is 3.35. The van der Waals surface area contributed by atoms with Crippen LogP contribution in [-0.4, -0.2) is 23.9 Å². The second-order valence-electron chi connectivity index (χ2n) is 7.47. The van der Waals surface area contributed by atoms with Crippen LogP contribution in [0, 0.1) is 18.6 Å². The van der Waals surface area contributed by atoms with E-state index in [0.717, 1.165) is 22.6 Å². The molecule has 33 heavy (non-hydrogen) atoms. The fourth-order valence-electron chi connectivity index (χ4n) is 3.89. The number of rotatable bonds is 4. The van der Waals surface area contributed by atoms with E-state index in [1.54, 1.807) is 49.4 Å². The Morgan fingerprint density at radius 1 is 1.03 bits per heavy atom. The highest BCUT2D eigenvalue weighted by molar-refractivity contribution is 9.10. The molecule has 0 radical (unpaired) electrons. The zero-order valence-corrected chi connectivity index (χ0v) is 19.2. The highest BCUT2D eigenvalue weighted by Crippen LogP contribution is 2.43. The summed E-state index contributed by atoms with van der Waals surface area (Å²) in [5.74, 6) is -4.00. The van der Waals surface area contributed by atoms with Gasteiger partial charge in [-0.05, 0) is 64.3 Å². The van der Waals surface area contributed by atoms with Crippen molar-refractivity contribution >= 4 is 39.1 Å². The molecule has 0 bridgehead atoms. The van der Waals surface area contributed by atoms with Gasteiger partial charge < -0.3 is 9.84 Å². The number of ether oxygens (including phenoxy) is 1.